The maximum atomic E-state index is 12.9. The second-order valence-electron chi connectivity index (χ2n) is 5.41. The quantitative estimate of drug-likeness (QED) is 0.879. The van der Waals surface area contributed by atoms with E-state index in [0.717, 1.165) is 27.9 Å². The van der Waals surface area contributed by atoms with E-state index in [2.05, 4.69) is 15.4 Å². The first-order valence-electron chi connectivity index (χ1n) is 7.40. The first-order chi connectivity index (χ1) is 11.0. The molecule has 0 aromatic heterocycles. The number of ether oxygens (including phenoxy) is 1. The number of hydrogen-bond donors (Lipinski definition) is 2. The van der Waals surface area contributed by atoms with Gasteiger partial charge in [-0.3, -0.25) is 0 Å². The molecule has 2 rings (SSSR count). The normalized spacial score (nSPS) is 10.3. The van der Waals surface area contributed by atoms with Gasteiger partial charge in [-0.25, -0.2) is 9.18 Å². The van der Waals surface area contributed by atoms with Gasteiger partial charge in [-0.2, -0.15) is 0 Å². The molecule has 1 amide bonds. The van der Waals surface area contributed by atoms with E-state index < -0.39 is 6.09 Å². The van der Waals surface area contributed by atoms with Gasteiger partial charge in [0.2, 0.25) is 0 Å². The molecule has 0 aliphatic carbocycles. The largest absolute Gasteiger partial charge is 0.453 e. The van der Waals surface area contributed by atoms with Crippen LogP contribution in [0.5, 0.6) is 0 Å². The maximum Gasteiger partial charge on any atom is 0.407 e. The smallest absolute Gasteiger partial charge is 0.407 e. The van der Waals surface area contributed by atoms with Crippen LogP contribution in [0.2, 0.25) is 0 Å². The summed E-state index contributed by atoms with van der Waals surface area (Å²) in [6.07, 6.45) is -0.442. The highest BCUT2D eigenvalue weighted by Crippen LogP contribution is 2.21. The number of alkyl carbamates (subject to hydrolysis) is 1. The zero-order chi connectivity index (χ0) is 16.8. The summed E-state index contributed by atoms with van der Waals surface area (Å²) in [5.41, 5.74) is 5.25. The van der Waals surface area contributed by atoms with Crippen LogP contribution in [0.15, 0.2) is 36.4 Å². The maximum absolute atomic E-state index is 12.9. The van der Waals surface area contributed by atoms with Gasteiger partial charge in [-0.1, -0.05) is 12.1 Å². The second kappa shape index (κ2) is 7.63. The van der Waals surface area contributed by atoms with Crippen molar-refractivity contribution >= 4 is 11.8 Å². The van der Waals surface area contributed by atoms with Gasteiger partial charge in [0.05, 0.1) is 7.11 Å². The van der Waals surface area contributed by atoms with E-state index in [1.165, 1.54) is 19.2 Å². The zero-order valence-corrected chi connectivity index (χ0v) is 13.6. The molecule has 0 unspecified atom stereocenters. The Kier molecular flexibility index (Phi) is 5.57. The van der Waals surface area contributed by atoms with Gasteiger partial charge in [0.25, 0.3) is 0 Å². The number of halogens is 1. The van der Waals surface area contributed by atoms with E-state index in [1.807, 2.05) is 26.0 Å². The van der Waals surface area contributed by atoms with Crippen molar-refractivity contribution in [2.24, 2.45) is 0 Å². The predicted octanol–water partition coefficient (Wildman–Crippen LogP) is 3.91. The van der Waals surface area contributed by atoms with E-state index >= 15 is 0 Å². The Morgan fingerprint density at radius 3 is 2.26 bits per heavy atom. The number of hydrogen-bond acceptors (Lipinski definition) is 3. The molecule has 0 saturated carbocycles. The van der Waals surface area contributed by atoms with Crippen molar-refractivity contribution in [3.63, 3.8) is 0 Å². The van der Waals surface area contributed by atoms with Crippen molar-refractivity contribution in [2.75, 3.05) is 12.4 Å². The lowest BCUT2D eigenvalue weighted by Crippen LogP contribution is -2.23. The summed E-state index contributed by atoms with van der Waals surface area (Å²) < 4.78 is 17.5. The van der Waals surface area contributed by atoms with Crippen LogP contribution in [-0.4, -0.2) is 13.2 Å². The lowest BCUT2D eigenvalue weighted by Gasteiger charge is -2.14. The summed E-state index contributed by atoms with van der Waals surface area (Å²) in [5.74, 6) is -0.233. The molecule has 2 N–H and O–H groups in total. The summed E-state index contributed by atoms with van der Waals surface area (Å²) in [6.45, 7) is 5.07. The van der Waals surface area contributed by atoms with E-state index in [0.29, 0.717) is 13.1 Å². The van der Waals surface area contributed by atoms with Gasteiger partial charge >= 0.3 is 6.09 Å². The van der Waals surface area contributed by atoms with Crippen molar-refractivity contribution in [1.29, 1.82) is 0 Å². The highest BCUT2D eigenvalue weighted by atomic mass is 19.1. The fourth-order valence-corrected chi connectivity index (χ4v) is 2.41. The average molecular weight is 316 g/mol. The van der Waals surface area contributed by atoms with Crippen molar-refractivity contribution in [2.45, 2.75) is 26.9 Å². The molecule has 0 fully saturated rings. The second-order valence-corrected chi connectivity index (χ2v) is 5.41. The first kappa shape index (κ1) is 16.8. The molecular formula is C18H21FN2O2. The van der Waals surface area contributed by atoms with Crippen LogP contribution < -0.4 is 10.6 Å². The number of carbonyl (C=O) groups excluding carboxylic acids is 1. The van der Waals surface area contributed by atoms with Gasteiger partial charge in [0.15, 0.2) is 0 Å². The molecule has 0 aliphatic heterocycles. The van der Waals surface area contributed by atoms with Crippen molar-refractivity contribution < 1.29 is 13.9 Å². The average Bonchev–Trinajstić information content (AvgIpc) is 2.53. The Balaban J connectivity index is 2.03. The minimum atomic E-state index is -0.442. The van der Waals surface area contributed by atoms with E-state index in [9.17, 15) is 9.18 Å². The highest BCUT2D eigenvalue weighted by Gasteiger charge is 2.07. The molecule has 0 radical (unpaired) electrons. The lowest BCUT2D eigenvalue weighted by molar-refractivity contribution is 0.170. The number of anilines is 1. The van der Waals surface area contributed by atoms with Crippen molar-refractivity contribution in [1.82, 2.24) is 5.32 Å². The van der Waals surface area contributed by atoms with Crippen LogP contribution in [0.25, 0.3) is 0 Å². The molecule has 5 heteroatoms. The number of rotatable bonds is 5. The fourth-order valence-electron chi connectivity index (χ4n) is 2.41. The number of amides is 1. The number of aryl methyl sites for hydroxylation is 2. The monoisotopic (exact) mass is 316 g/mol. The van der Waals surface area contributed by atoms with Gasteiger partial charge in [-0.05, 0) is 60.4 Å². The van der Waals surface area contributed by atoms with Crippen molar-refractivity contribution in [3.05, 3.63) is 64.5 Å². The lowest BCUT2D eigenvalue weighted by atomic mass is 10.0. The first-order valence-corrected chi connectivity index (χ1v) is 7.40. The van der Waals surface area contributed by atoms with Crippen LogP contribution in [0, 0.1) is 19.7 Å². The topological polar surface area (TPSA) is 50.4 Å². The van der Waals surface area contributed by atoms with Crippen LogP contribution >= 0.6 is 0 Å². The minimum absolute atomic E-state index is 0.233. The molecule has 4 nitrogen and oxygen atoms in total. The number of methoxy groups -OCH3 is 1. The number of benzene rings is 2. The van der Waals surface area contributed by atoms with Crippen LogP contribution in [0.3, 0.4) is 0 Å². The van der Waals surface area contributed by atoms with Gasteiger partial charge in [0, 0.05) is 18.8 Å². The summed E-state index contributed by atoms with van der Waals surface area (Å²) in [6, 6.07) is 10.5. The summed E-state index contributed by atoms with van der Waals surface area (Å²) in [5, 5.41) is 6.03. The summed E-state index contributed by atoms with van der Waals surface area (Å²) in [7, 11) is 1.34. The molecule has 0 bridgehead atoms. The predicted molar refractivity (Wildman–Crippen MR) is 88.9 cm³/mol. The van der Waals surface area contributed by atoms with Crippen LogP contribution in [0.1, 0.15) is 22.3 Å². The summed E-state index contributed by atoms with van der Waals surface area (Å²) in [4.78, 5) is 11.2. The van der Waals surface area contributed by atoms with E-state index in [1.54, 1.807) is 12.1 Å². The Morgan fingerprint density at radius 1 is 1.09 bits per heavy atom. The van der Waals surface area contributed by atoms with Crippen LogP contribution in [0.4, 0.5) is 14.9 Å². The molecule has 0 saturated heterocycles. The third kappa shape index (κ3) is 4.71. The molecule has 0 heterocycles. The number of carbonyl (C=O) groups is 1. The molecular weight excluding hydrogens is 295 g/mol. The SMILES string of the molecule is COC(=O)NCc1c(C)cc(NCc2ccc(F)cc2)cc1C. The zero-order valence-electron chi connectivity index (χ0n) is 13.6. The highest BCUT2D eigenvalue weighted by molar-refractivity contribution is 5.67. The Hall–Kier alpha value is -2.56. The third-order valence-corrected chi connectivity index (χ3v) is 3.70. The molecule has 2 aromatic rings. The molecule has 122 valence electrons. The van der Waals surface area contributed by atoms with Gasteiger partial charge in [-0.15, -0.1) is 0 Å². The van der Waals surface area contributed by atoms with E-state index in [-0.39, 0.29) is 5.82 Å². The fraction of sp³-hybridized carbons (Fsp3) is 0.278. The third-order valence-electron chi connectivity index (χ3n) is 3.70. The molecule has 23 heavy (non-hydrogen) atoms. The van der Waals surface area contributed by atoms with Crippen LogP contribution in [-0.2, 0) is 17.8 Å². The Labute approximate surface area is 135 Å². The Morgan fingerprint density at radius 2 is 1.70 bits per heavy atom. The van der Waals surface area contributed by atoms with Gasteiger partial charge < -0.3 is 15.4 Å². The molecule has 0 spiro atoms. The van der Waals surface area contributed by atoms with Gasteiger partial charge in [0.1, 0.15) is 5.82 Å². The Bertz CT molecular complexity index is 661. The standard InChI is InChI=1S/C18H21FN2O2/c1-12-8-16(20-10-14-4-6-15(19)7-5-14)9-13(2)17(12)11-21-18(22)23-3/h4-9,20H,10-11H2,1-3H3,(H,21,22). The summed E-state index contributed by atoms with van der Waals surface area (Å²) >= 11 is 0. The van der Waals surface area contributed by atoms with E-state index in [4.69, 9.17) is 0 Å². The van der Waals surface area contributed by atoms with Crippen molar-refractivity contribution in [3.8, 4) is 0 Å². The molecule has 0 aliphatic rings. The molecule has 2 aromatic carbocycles. The number of nitrogens with one attached hydrogen (secondary N) is 2. The minimum Gasteiger partial charge on any atom is -0.453 e. The molecule has 0 atom stereocenters.